The first-order valence-corrected chi connectivity index (χ1v) is 7.76. The Balaban J connectivity index is 1.90. The molecule has 0 aliphatic heterocycles. The fraction of sp³-hybridized carbons (Fsp3) is 0.471. The third kappa shape index (κ3) is 3.34. The predicted octanol–water partition coefficient (Wildman–Crippen LogP) is 3.14. The molecule has 0 spiro atoms. The quantitative estimate of drug-likeness (QED) is 0.632. The van der Waals surface area contributed by atoms with Crippen molar-refractivity contribution in [3.05, 3.63) is 35.9 Å². The fourth-order valence-electron chi connectivity index (χ4n) is 2.88. The minimum absolute atomic E-state index is 0.674. The topological polar surface area (TPSA) is 54.2 Å². The molecule has 2 aromatic rings. The van der Waals surface area contributed by atoms with Crippen LogP contribution in [0.3, 0.4) is 0 Å². The molecule has 1 saturated carbocycles. The predicted molar refractivity (Wildman–Crippen MR) is 87.8 cm³/mol. The maximum atomic E-state index is 5.68. The van der Waals surface area contributed by atoms with Crippen LogP contribution in [0.1, 0.15) is 32.3 Å². The van der Waals surface area contributed by atoms with Crippen LogP contribution in [0.4, 0.5) is 5.82 Å². The number of nitrogens with one attached hydrogen (secondary N) is 1. The largest absolute Gasteiger partial charge is 0.308 e. The number of nitrogens with zero attached hydrogens (tertiary/aromatic N) is 2. The molecule has 0 atom stereocenters. The average Bonchev–Trinajstić information content (AvgIpc) is 3.30. The second-order valence-corrected chi connectivity index (χ2v) is 6.39. The third-order valence-corrected chi connectivity index (χ3v) is 3.98. The standard InChI is InChI=1S/C17H24N4/c1-12(2)10-21(15-7-8-15)11-14-9-13-5-3-4-6-16(13)19-17(14)20-18/h3-6,9,12,15H,7-8,10-11,18H2,1-2H3,(H,19,20). The van der Waals surface area contributed by atoms with Crippen LogP contribution in [0.5, 0.6) is 0 Å². The van der Waals surface area contributed by atoms with Gasteiger partial charge in [-0.15, -0.1) is 0 Å². The first-order chi connectivity index (χ1) is 10.2. The first kappa shape index (κ1) is 14.3. The summed E-state index contributed by atoms with van der Waals surface area (Å²) in [6.07, 6.45) is 2.64. The summed E-state index contributed by atoms with van der Waals surface area (Å²) in [5.74, 6) is 7.15. The van der Waals surface area contributed by atoms with Crippen LogP contribution in [0.15, 0.2) is 30.3 Å². The van der Waals surface area contributed by atoms with Crippen molar-refractivity contribution < 1.29 is 0 Å². The van der Waals surface area contributed by atoms with Gasteiger partial charge in [0.1, 0.15) is 5.82 Å². The Morgan fingerprint density at radius 2 is 2.10 bits per heavy atom. The van der Waals surface area contributed by atoms with Crippen LogP contribution in [0.2, 0.25) is 0 Å². The van der Waals surface area contributed by atoms with E-state index in [0.717, 1.165) is 30.5 Å². The normalized spacial score (nSPS) is 15.1. The third-order valence-electron chi connectivity index (χ3n) is 3.98. The molecule has 112 valence electrons. The summed E-state index contributed by atoms with van der Waals surface area (Å²) in [4.78, 5) is 7.21. The molecule has 4 heteroatoms. The average molecular weight is 284 g/mol. The lowest BCUT2D eigenvalue weighted by atomic mass is 10.1. The van der Waals surface area contributed by atoms with Crippen molar-refractivity contribution in [2.24, 2.45) is 11.8 Å². The van der Waals surface area contributed by atoms with Crippen LogP contribution in [-0.2, 0) is 6.54 Å². The van der Waals surface area contributed by atoms with Gasteiger partial charge in [-0.3, -0.25) is 4.90 Å². The van der Waals surface area contributed by atoms with E-state index in [0.29, 0.717) is 5.92 Å². The molecule has 1 aromatic heterocycles. The Hall–Kier alpha value is -1.65. The SMILES string of the molecule is CC(C)CN(Cc1cc2ccccc2nc1NN)C1CC1. The van der Waals surface area contributed by atoms with Gasteiger partial charge in [0.05, 0.1) is 5.52 Å². The molecule has 0 bridgehead atoms. The number of hydrazine groups is 1. The van der Waals surface area contributed by atoms with Crippen molar-refractivity contribution in [3.63, 3.8) is 0 Å². The zero-order valence-corrected chi connectivity index (χ0v) is 12.8. The van der Waals surface area contributed by atoms with Crippen molar-refractivity contribution in [1.29, 1.82) is 0 Å². The van der Waals surface area contributed by atoms with E-state index in [9.17, 15) is 0 Å². The molecule has 4 nitrogen and oxygen atoms in total. The monoisotopic (exact) mass is 284 g/mol. The van der Waals surface area contributed by atoms with Crippen molar-refractivity contribution in [3.8, 4) is 0 Å². The second kappa shape index (κ2) is 6.00. The van der Waals surface area contributed by atoms with Crippen LogP contribution in [-0.4, -0.2) is 22.5 Å². The van der Waals surface area contributed by atoms with E-state index in [1.807, 2.05) is 12.1 Å². The van der Waals surface area contributed by atoms with Gasteiger partial charge < -0.3 is 5.43 Å². The lowest BCUT2D eigenvalue weighted by Crippen LogP contribution is -2.30. The number of para-hydroxylation sites is 1. The second-order valence-electron chi connectivity index (χ2n) is 6.39. The zero-order chi connectivity index (χ0) is 14.8. The van der Waals surface area contributed by atoms with Crippen molar-refractivity contribution >= 4 is 16.7 Å². The Bertz CT molecular complexity index is 619. The number of nitrogens with two attached hydrogens (primary N) is 1. The van der Waals surface area contributed by atoms with Gasteiger partial charge in [0, 0.05) is 30.1 Å². The highest BCUT2D eigenvalue weighted by Crippen LogP contribution is 2.30. The highest BCUT2D eigenvalue weighted by atomic mass is 15.3. The van der Waals surface area contributed by atoms with Gasteiger partial charge in [-0.25, -0.2) is 10.8 Å². The van der Waals surface area contributed by atoms with E-state index in [-0.39, 0.29) is 0 Å². The molecule has 1 fully saturated rings. The number of hydrogen-bond donors (Lipinski definition) is 2. The molecule has 1 aliphatic carbocycles. The number of hydrogen-bond acceptors (Lipinski definition) is 4. The summed E-state index contributed by atoms with van der Waals surface area (Å²) in [5.41, 5.74) is 4.93. The van der Waals surface area contributed by atoms with Gasteiger partial charge >= 0.3 is 0 Å². The molecule has 0 radical (unpaired) electrons. The summed E-state index contributed by atoms with van der Waals surface area (Å²) >= 11 is 0. The van der Waals surface area contributed by atoms with Gasteiger partial charge in [0.15, 0.2) is 0 Å². The molecule has 0 unspecified atom stereocenters. The highest BCUT2D eigenvalue weighted by molar-refractivity contribution is 5.81. The minimum atomic E-state index is 0.674. The molecule has 0 saturated heterocycles. The fourth-order valence-corrected chi connectivity index (χ4v) is 2.88. The van der Waals surface area contributed by atoms with E-state index in [2.05, 4.69) is 47.4 Å². The molecule has 21 heavy (non-hydrogen) atoms. The lowest BCUT2D eigenvalue weighted by Gasteiger charge is -2.25. The smallest absolute Gasteiger partial charge is 0.145 e. The summed E-state index contributed by atoms with van der Waals surface area (Å²) < 4.78 is 0. The van der Waals surface area contributed by atoms with E-state index < -0.39 is 0 Å². The molecular weight excluding hydrogens is 260 g/mol. The highest BCUT2D eigenvalue weighted by Gasteiger charge is 2.29. The van der Waals surface area contributed by atoms with E-state index in [1.54, 1.807) is 0 Å². The van der Waals surface area contributed by atoms with Gasteiger partial charge in [-0.05, 0) is 30.9 Å². The molecule has 1 aromatic carbocycles. The number of nitrogen functional groups attached to an aromatic ring is 1. The number of aromatic nitrogens is 1. The Morgan fingerprint density at radius 3 is 2.76 bits per heavy atom. The molecule has 0 amide bonds. The molecule has 3 N–H and O–H groups in total. The van der Waals surface area contributed by atoms with Gasteiger partial charge in [0.2, 0.25) is 0 Å². The number of rotatable bonds is 6. The Labute approximate surface area is 126 Å². The Morgan fingerprint density at radius 1 is 1.33 bits per heavy atom. The number of fused-ring (bicyclic) bond motifs is 1. The number of pyridine rings is 1. The zero-order valence-electron chi connectivity index (χ0n) is 12.8. The first-order valence-electron chi connectivity index (χ1n) is 7.76. The van der Waals surface area contributed by atoms with E-state index >= 15 is 0 Å². The van der Waals surface area contributed by atoms with Gasteiger partial charge in [-0.2, -0.15) is 0 Å². The summed E-state index contributed by atoms with van der Waals surface area (Å²) in [6.45, 7) is 6.59. The van der Waals surface area contributed by atoms with Crippen LogP contribution in [0.25, 0.3) is 10.9 Å². The lowest BCUT2D eigenvalue weighted by molar-refractivity contribution is 0.226. The number of anilines is 1. The van der Waals surface area contributed by atoms with Crippen LogP contribution < -0.4 is 11.3 Å². The molecule has 3 rings (SSSR count). The summed E-state index contributed by atoms with van der Waals surface area (Å²) in [6, 6.07) is 11.1. The molecule has 1 heterocycles. The maximum absolute atomic E-state index is 5.68. The van der Waals surface area contributed by atoms with Crippen LogP contribution in [0, 0.1) is 5.92 Å². The summed E-state index contributed by atoms with van der Waals surface area (Å²) in [7, 11) is 0. The Kier molecular flexibility index (Phi) is 4.08. The van der Waals surface area contributed by atoms with Crippen molar-refractivity contribution in [2.45, 2.75) is 39.3 Å². The van der Waals surface area contributed by atoms with Crippen molar-refractivity contribution in [1.82, 2.24) is 9.88 Å². The molecular formula is C17H24N4. The van der Waals surface area contributed by atoms with Crippen LogP contribution >= 0.6 is 0 Å². The minimum Gasteiger partial charge on any atom is -0.308 e. The van der Waals surface area contributed by atoms with Crippen molar-refractivity contribution in [2.75, 3.05) is 12.0 Å². The van der Waals surface area contributed by atoms with E-state index in [4.69, 9.17) is 5.84 Å². The van der Waals surface area contributed by atoms with Gasteiger partial charge in [-0.1, -0.05) is 32.0 Å². The van der Waals surface area contributed by atoms with E-state index in [1.165, 1.54) is 23.8 Å². The number of benzene rings is 1. The van der Waals surface area contributed by atoms with Gasteiger partial charge in [0.25, 0.3) is 0 Å². The maximum Gasteiger partial charge on any atom is 0.145 e. The molecule has 1 aliphatic rings. The summed E-state index contributed by atoms with van der Waals surface area (Å²) in [5, 5.41) is 1.17.